The van der Waals surface area contributed by atoms with Crippen LogP contribution in [-0.2, 0) is 12.8 Å². The first kappa shape index (κ1) is 14.3. The molecule has 2 N–H and O–H groups in total. The standard InChI is InChI=1S/C14H22ClNO/c1-4-11-6-10(3)7-12(5-2)14(11)16-9-13(17)8-15/h6-7,13,16-17H,4-5,8-9H2,1-3H3. The zero-order valence-corrected chi connectivity index (χ0v) is 11.6. The predicted molar refractivity (Wildman–Crippen MR) is 75.2 cm³/mol. The molecular formula is C14H22ClNO. The van der Waals surface area contributed by atoms with Crippen molar-refractivity contribution in [3.8, 4) is 0 Å². The summed E-state index contributed by atoms with van der Waals surface area (Å²) in [6.07, 6.45) is 1.49. The first-order chi connectivity index (χ1) is 8.12. The van der Waals surface area contributed by atoms with Crippen LogP contribution in [0.15, 0.2) is 12.1 Å². The fourth-order valence-corrected chi connectivity index (χ4v) is 2.11. The van der Waals surface area contributed by atoms with Crippen LogP contribution >= 0.6 is 11.6 Å². The molecule has 0 saturated heterocycles. The number of hydrogen-bond acceptors (Lipinski definition) is 2. The van der Waals surface area contributed by atoms with E-state index >= 15 is 0 Å². The minimum Gasteiger partial charge on any atom is -0.390 e. The molecule has 1 unspecified atom stereocenters. The number of rotatable bonds is 6. The van der Waals surface area contributed by atoms with E-state index < -0.39 is 6.10 Å². The van der Waals surface area contributed by atoms with Gasteiger partial charge >= 0.3 is 0 Å². The molecule has 1 rings (SSSR count). The Kier molecular flexibility index (Phi) is 5.79. The van der Waals surface area contributed by atoms with Crippen molar-refractivity contribution in [1.29, 1.82) is 0 Å². The van der Waals surface area contributed by atoms with E-state index in [0.29, 0.717) is 6.54 Å². The number of hydrogen-bond donors (Lipinski definition) is 2. The summed E-state index contributed by atoms with van der Waals surface area (Å²) in [6, 6.07) is 4.41. The third kappa shape index (κ3) is 3.90. The van der Waals surface area contributed by atoms with Crippen molar-refractivity contribution in [2.45, 2.75) is 39.7 Å². The molecule has 1 atom stereocenters. The topological polar surface area (TPSA) is 32.3 Å². The summed E-state index contributed by atoms with van der Waals surface area (Å²) < 4.78 is 0. The van der Waals surface area contributed by atoms with Gasteiger partial charge in [0, 0.05) is 12.2 Å². The van der Waals surface area contributed by atoms with E-state index in [9.17, 15) is 5.11 Å². The van der Waals surface area contributed by atoms with Gasteiger partial charge in [0.1, 0.15) is 0 Å². The Morgan fingerprint density at radius 3 is 2.18 bits per heavy atom. The van der Waals surface area contributed by atoms with E-state index in [-0.39, 0.29) is 5.88 Å². The molecule has 0 saturated carbocycles. The van der Waals surface area contributed by atoms with Crippen LogP contribution in [0.5, 0.6) is 0 Å². The zero-order valence-electron chi connectivity index (χ0n) is 10.9. The number of anilines is 1. The largest absolute Gasteiger partial charge is 0.390 e. The van der Waals surface area contributed by atoms with Crippen LogP contribution in [0.1, 0.15) is 30.5 Å². The minimum absolute atomic E-state index is 0.266. The molecule has 0 aromatic heterocycles. The molecule has 96 valence electrons. The normalized spacial score (nSPS) is 12.5. The Labute approximate surface area is 109 Å². The summed E-state index contributed by atoms with van der Waals surface area (Å²) in [5.41, 5.74) is 5.08. The number of nitrogens with one attached hydrogen (secondary N) is 1. The number of aliphatic hydroxyl groups is 1. The van der Waals surface area contributed by atoms with Crippen LogP contribution in [0.3, 0.4) is 0 Å². The highest BCUT2D eigenvalue weighted by molar-refractivity contribution is 6.18. The average Bonchev–Trinajstić information content (AvgIpc) is 2.35. The second-order valence-electron chi connectivity index (χ2n) is 4.35. The predicted octanol–water partition coefficient (Wildman–Crippen LogP) is 3.13. The van der Waals surface area contributed by atoms with Crippen LogP contribution in [0, 0.1) is 6.92 Å². The summed E-state index contributed by atoms with van der Waals surface area (Å²) in [7, 11) is 0. The number of alkyl halides is 1. The first-order valence-electron chi connectivity index (χ1n) is 6.22. The Morgan fingerprint density at radius 2 is 1.76 bits per heavy atom. The molecule has 0 heterocycles. The van der Waals surface area contributed by atoms with Crippen molar-refractivity contribution in [2.75, 3.05) is 17.7 Å². The van der Waals surface area contributed by atoms with Crippen molar-refractivity contribution in [3.05, 3.63) is 28.8 Å². The van der Waals surface area contributed by atoms with Crippen molar-refractivity contribution >= 4 is 17.3 Å². The highest BCUT2D eigenvalue weighted by Crippen LogP contribution is 2.24. The van der Waals surface area contributed by atoms with Crippen LogP contribution in [0.25, 0.3) is 0 Å². The maximum absolute atomic E-state index is 9.51. The van der Waals surface area contributed by atoms with E-state index in [2.05, 4.69) is 38.2 Å². The SMILES string of the molecule is CCc1cc(C)cc(CC)c1NCC(O)CCl. The molecule has 0 aliphatic heterocycles. The number of benzene rings is 1. The number of aryl methyl sites for hydroxylation is 3. The van der Waals surface area contributed by atoms with E-state index in [1.54, 1.807) is 0 Å². The van der Waals surface area contributed by atoms with Gasteiger partial charge in [-0.25, -0.2) is 0 Å². The second kappa shape index (κ2) is 6.87. The Balaban J connectivity index is 2.94. The highest BCUT2D eigenvalue weighted by Gasteiger charge is 2.09. The zero-order chi connectivity index (χ0) is 12.8. The van der Waals surface area contributed by atoms with Gasteiger partial charge in [-0.15, -0.1) is 11.6 Å². The monoisotopic (exact) mass is 255 g/mol. The van der Waals surface area contributed by atoms with Crippen molar-refractivity contribution in [3.63, 3.8) is 0 Å². The molecule has 0 aliphatic rings. The highest BCUT2D eigenvalue weighted by atomic mass is 35.5. The molecule has 1 aromatic carbocycles. The molecule has 0 amide bonds. The van der Waals surface area contributed by atoms with E-state index in [1.807, 2.05) is 0 Å². The Hall–Kier alpha value is -0.730. The lowest BCUT2D eigenvalue weighted by atomic mass is 9.99. The summed E-state index contributed by atoms with van der Waals surface area (Å²) in [5.74, 6) is 0.266. The lowest BCUT2D eigenvalue weighted by Gasteiger charge is -2.18. The van der Waals surface area contributed by atoms with Gasteiger partial charge in [-0.1, -0.05) is 31.5 Å². The number of aliphatic hydroxyl groups excluding tert-OH is 1. The molecule has 3 heteroatoms. The van der Waals surface area contributed by atoms with Crippen LogP contribution in [0.2, 0.25) is 0 Å². The van der Waals surface area contributed by atoms with Gasteiger partial charge in [-0.05, 0) is 30.9 Å². The third-order valence-corrected chi connectivity index (χ3v) is 3.26. The smallest absolute Gasteiger partial charge is 0.0847 e. The van der Waals surface area contributed by atoms with E-state index in [4.69, 9.17) is 11.6 Å². The van der Waals surface area contributed by atoms with Gasteiger partial charge in [0.2, 0.25) is 0 Å². The second-order valence-corrected chi connectivity index (χ2v) is 4.66. The van der Waals surface area contributed by atoms with Gasteiger partial charge < -0.3 is 10.4 Å². The van der Waals surface area contributed by atoms with Gasteiger partial charge in [-0.3, -0.25) is 0 Å². The summed E-state index contributed by atoms with van der Waals surface area (Å²) in [5, 5.41) is 12.8. The summed E-state index contributed by atoms with van der Waals surface area (Å²) in [4.78, 5) is 0. The molecule has 0 bridgehead atoms. The van der Waals surface area contributed by atoms with Crippen molar-refractivity contribution in [2.24, 2.45) is 0 Å². The molecule has 17 heavy (non-hydrogen) atoms. The Morgan fingerprint density at radius 1 is 1.24 bits per heavy atom. The van der Waals surface area contributed by atoms with Crippen molar-refractivity contribution < 1.29 is 5.11 Å². The lowest BCUT2D eigenvalue weighted by Crippen LogP contribution is -2.22. The van der Waals surface area contributed by atoms with Gasteiger partial charge in [0.25, 0.3) is 0 Å². The summed E-state index contributed by atoms with van der Waals surface area (Å²) >= 11 is 5.60. The Bertz CT molecular complexity index is 340. The quantitative estimate of drug-likeness (QED) is 0.766. The van der Waals surface area contributed by atoms with Crippen LogP contribution < -0.4 is 5.32 Å². The van der Waals surface area contributed by atoms with Gasteiger partial charge in [0.05, 0.1) is 12.0 Å². The molecule has 0 aliphatic carbocycles. The molecule has 0 radical (unpaired) electrons. The third-order valence-electron chi connectivity index (χ3n) is 2.90. The molecule has 0 fully saturated rings. The van der Waals surface area contributed by atoms with E-state index in [0.717, 1.165) is 12.8 Å². The average molecular weight is 256 g/mol. The van der Waals surface area contributed by atoms with Gasteiger partial charge in [0.15, 0.2) is 0 Å². The maximum Gasteiger partial charge on any atom is 0.0847 e. The maximum atomic E-state index is 9.51. The fourth-order valence-electron chi connectivity index (χ4n) is 2.00. The molecule has 0 spiro atoms. The van der Waals surface area contributed by atoms with E-state index in [1.165, 1.54) is 22.4 Å². The minimum atomic E-state index is -0.493. The van der Waals surface area contributed by atoms with Gasteiger partial charge in [-0.2, -0.15) is 0 Å². The fraction of sp³-hybridized carbons (Fsp3) is 0.571. The first-order valence-corrected chi connectivity index (χ1v) is 6.76. The van der Waals surface area contributed by atoms with Crippen LogP contribution in [-0.4, -0.2) is 23.6 Å². The lowest BCUT2D eigenvalue weighted by molar-refractivity contribution is 0.211. The molecule has 1 aromatic rings. The van der Waals surface area contributed by atoms with Crippen molar-refractivity contribution in [1.82, 2.24) is 0 Å². The number of halogens is 1. The summed E-state index contributed by atoms with van der Waals surface area (Å²) in [6.45, 7) is 6.93. The molecular weight excluding hydrogens is 234 g/mol. The van der Waals surface area contributed by atoms with Crippen LogP contribution in [0.4, 0.5) is 5.69 Å². The molecule has 2 nitrogen and oxygen atoms in total.